The van der Waals surface area contributed by atoms with Crippen LogP contribution < -0.4 is 0 Å². The van der Waals surface area contributed by atoms with Gasteiger partial charge in [-0.3, -0.25) is 14.5 Å². The van der Waals surface area contributed by atoms with Gasteiger partial charge in [0.1, 0.15) is 6.54 Å². The zero-order valence-electron chi connectivity index (χ0n) is 11.8. The van der Waals surface area contributed by atoms with Gasteiger partial charge in [-0.05, 0) is 26.3 Å². The van der Waals surface area contributed by atoms with E-state index in [0.29, 0.717) is 5.75 Å². The van der Waals surface area contributed by atoms with E-state index in [4.69, 9.17) is 5.11 Å². The van der Waals surface area contributed by atoms with Crippen molar-refractivity contribution in [3.8, 4) is 0 Å². The predicted octanol–water partition coefficient (Wildman–Crippen LogP) is 2.65. The zero-order chi connectivity index (χ0) is 14.9. The van der Waals surface area contributed by atoms with Gasteiger partial charge >= 0.3 is 5.97 Å². The standard InChI is InChI=1S/C15H17NO3S/c1-9-4-5-12(10(2)6-9)15-11(3)20-8-13(17)16(15)7-14(18)19/h4-6H,7-8H2,1-3H3,(H,18,19). The molecule has 1 N–H and O–H groups in total. The first kappa shape index (κ1) is 14.7. The number of aliphatic carboxylic acids is 1. The van der Waals surface area contributed by atoms with E-state index >= 15 is 0 Å². The lowest BCUT2D eigenvalue weighted by atomic mass is 10.0. The zero-order valence-corrected chi connectivity index (χ0v) is 12.6. The Labute approximate surface area is 122 Å². The molecule has 0 aliphatic carbocycles. The fourth-order valence-corrected chi connectivity index (χ4v) is 3.20. The quantitative estimate of drug-likeness (QED) is 0.930. The van der Waals surface area contributed by atoms with Gasteiger partial charge in [0, 0.05) is 10.5 Å². The molecule has 0 saturated carbocycles. The molecule has 0 unspecified atom stereocenters. The molecule has 20 heavy (non-hydrogen) atoms. The number of carbonyl (C=O) groups is 2. The third kappa shape index (κ3) is 2.88. The van der Waals surface area contributed by atoms with Crippen LogP contribution in [-0.4, -0.2) is 34.2 Å². The number of carboxylic acids is 1. The molecular weight excluding hydrogens is 274 g/mol. The summed E-state index contributed by atoms with van der Waals surface area (Å²) in [5.74, 6) is -0.855. The van der Waals surface area contributed by atoms with Crippen LogP contribution in [0.1, 0.15) is 23.6 Å². The van der Waals surface area contributed by atoms with E-state index in [1.807, 2.05) is 39.0 Å². The molecule has 0 fully saturated rings. The molecule has 1 aliphatic rings. The van der Waals surface area contributed by atoms with Crippen molar-refractivity contribution in [2.24, 2.45) is 0 Å². The van der Waals surface area contributed by atoms with Gasteiger partial charge in [-0.25, -0.2) is 0 Å². The molecule has 5 heteroatoms. The Hall–Kier alpha value is -1.75. The van der Waals surface area contributed by atoms with Crippen molar-refractivity contribution in [1.82, 2.24) is 4.90 Å². The van der Waals surface area contributed by atoms with Crippen LogP contribution in [0.4, 0.5) is 0 Å². The highest BCUT2D eigenvalue weighted by Gasteiger charge is 2.28. The van der Waals surface area contributed by atoms with Gasteiger partial charge < -0.3 is 5.11 Å². The first-order valence-electron chi connectivity index (χ1n) is 6.33. The van der Waals surface area contributed by atoms with Crippen molar-refractivity contribution in [2.45, 2.75) is 20.8 Å². The van der Waals surface area contributed by atoms with Gasteiger partial charge in [0.2, 0.25) is 5.91 Å². The Bertz CT molecular complexity index is 607. The Morgan fingerprint density at radius 2 is 2.05 bits per heavy atom. The molecule has 1 aromatic carbocycles. The normalized spacial score (nSPS) is 15.8. The van der Waals surface area contributed by atoms with Crippen LogP contribution in [0.25, 0.3) is 5.70 Å². The molecule has 4 nitrogen and oxygen atoms in total. The molecule has 1 amide bonds. The minimum absolute atomic E-state index is 0.155. The Morgan fingerprint density at radius 1 is 1.35 bits per heavy atom. The fourth-order valence-electron chi connectivity index (χ4n) is 2.35. The molecular formula is C15H17NO3S. The molecule has 106 valence electrons. The number of rotatable bonds is 3. The maximum absolute atomic E-state index is 12.0. The number of carboxylic acid groups (broad SMARTS) is 1. The lowest BCUT2D eigenvalue weighted by molar-refractivity contribution is -0.141. The first-order valence-corrected chi connectivity index (χ1v) is 7.32. The van der Waals surface area contributed by atoms with Gasteiger partial charge in [0.25, 0.3) is 0 Å². The highest BCUT2D eigenvalue weighted by atomic mass is 32.2. The van der Waals surface area contributed by atoms with E-state index in [0.717, 1.165) is 27.3 Å². The Balaban J connectivity index is 2.53. The molecule has 1 aliphatic heterocycles. The maximum atomic E-state index is 12.0. The van der Waals surface area contributed by atoms with E-state index in [9.17, 15) is 9.59 Å². The molecule has 0 aromatic heterocycles. The van der Waals surface area contributed by atoms with Crippen molar-refractivity contribution >= 4 is 29.3 Å². The number of nitrogens with zero attached hydrogens (tertiary/aromatic N) is 1. The van der Waals surface area contributed by atoms with E-state index < -0.39 is 5.97 Å². The van der Waals surface area contributed by atoms with Crippen molar-refractivity contribution in [1.29, 1.82) is 0 Å². The molecule has 2 rings (SSSR count). The van der Waals surface area contributed by atoms with Crippen LogP contribution in [0.15, 0.2) is 23.1 Å². The molecule has 0 spiro atoms. The van der Waals surface area contributed by atoms with Crippen molar-refractivity contribution < 1.29 is 14.7 Å². The smallest absolute Gasteiger partial charge is 0.323 e. The summed E-state index contributed by atoms with van der Waals surface area (Å²) >= 11 is 1.47. The summed E-state index contributed by atoms with van der Waals surface area (Å²) in [6.07, 6.45) is 0. The van der Waals surface area contributed by atoms with Crippen LogP contribution in [0.5, 0.6) is 0 Å². The third-order valence-electron chi connectivity index (χ3n) is 3.25. The second-order valence-electron chi connectivity index (χ2n) is 4.89. The highest BCUT2D eigenvalue weighted by Crippen LogP contribution is 2.35. The number of hydrogen-bond donors (Lipinski definition) is 1. The number of thioether (sulfide) groups is 1. The van der Waals surface area contributed by atoms with Crippen LogP contribution >= 0.6 is 11.8 Å². The van der Waals surface area contributed by atoms with Gasteiger partial charge in [-0.1, -0.05) is 23.8 Å². The average molecular weight is 291 g/mol. The van der Waals surface area contributed by atoms with Crippen molar-refractivity contribution in [3.63, 3.8) is 0 Å². The van der Waals surface area contributed by atoms with Crippen molar-refractivity contribution in [3.05, 3.63) is 39.8 Å². The SMILES string of the molecule is CC1=C(c2ccc(C)cc2C)N(CC(=O)O)C(=O)CS1. The summed E-state index contributed by atoms with van der Waals surface area (Å²) in [5, 5.41) is 9.02. The first-order chi connectivity index (χ1) is 9.40. The highest BCUT2D eigenvalue weighted by molar-refractivity contribution is 8.03. The summed E-state index contributed by atoms with van der Waals surface area (Å²) in [6.45, 7) is 5.62. The van der Waals surface area contributed by atoms with E-state index in [-0.39, 0.29) is 12.5 Å². The summed E-state index contributed by atoms with van der Waals surface area (Å²) < 4.78 is 0. The molecule has 1 aromatic rings. The van der Waals surface area contributed by atoms with E-state index in [1.165, 1.54) is 16.7 Å². The average Bonchev–Trinajstić information content (AvgIpc) is 2.35. The monoisotopic (exact) mass is 291 g/mol. The number of benzene rings is 1. The second kappa shape index (κ2) is 5.71. The number of allylic oxidation sites excluding steroid dienone is 1. The summed E-state index contributed by atoms with van der Waals surface area (Å²) in [7, 11) is 0. The van der Waals surface area contributed by atoms with Gasteiger partial charge in [0.15, 0.2) is 0 Å². The van der Waals surface area contributed by atoms with Crippen LogP contribution in [-0.2, 0) is 9.59 Å². The summed E-state index contributed by atoms with van der Waals surface area (Å²) in [4.78, 5) is 25.4. The lowest BCUT2D eigenvalue weighted by Gasteiger charge is -2.30. The van der Waals surface area contributed by atoms with Gasteiger partial charge in [-0.15, -0.1) is 11.8 Å². The van der Waals surface area contributed by atoms with Gasteiger partial charge in [-0.2, -0.15) is 0 Å². The van der Waals surface area contributed by atoms with Crippen LogP contribution in [0, 0.1) is 13.8 Å². The summed E-state index contributed by atoms with van der Waals surface area (Å²) in [6, 6.07) is 5.97. The molecule has 0 bridgehead atoms. The molecule has 0 radical (unpaired) electrons. The predicted molar refractivity (Wildman–Crippen MR) is 80.3 cm³/mol. The summed E-state index contributed by atoms with van der Waals surface area (Å²) in [5.41, 5.74) is 3.84. The molecule has 1 heterocycles. The third-order valence-corrected chi connectivity index (χ3v) is 4.26. The lowest BCUT2D eigenvalue weighted by Crippen LogP contribution is -2.38. The topological polar surface area (TPSA) is 57.6 Å². The number of hydrogen-bond acceptors (Lipinski definition) is 3. The molecule has 0 saturated heterocycles. The molecule has 0 atom stereocenters. The number of amides is 1. The minimum Gasteiger partial charge on any atom is -0.480 e. The maximum Gasteiger partial charge on any atom is 0.323 e. The van der Waals surface area contributed by atoms with Crippen LogP contribution in [0.2, 0.25) is 0 Å². The van der Waals surface area contributed by atoms with E-state index in [1.54, 1.807) is 0 Å². The Morgan fingerprint density at radius 3 is 2.65 bits per heavy atom. The largest absolute Gasteiger partial charge is 0.480 e. The van der Waals surface area contributed by atoms with Gasteiger partial charge in [0.05, 0.1) is 11.4 Å². The Kier molecular flexibility index (Phi) is 4.18. The fraction of sp³-hybridized carbons (Fsp3) is 0.333. The second-order valence-corrected chi connectivity index (χ2v) is 6.08. The van der Waals surface area contributed by atoms with Crippen molar-refractivity contribution in [2.75, 3.05) is 12.3 Å². The number of carbonyl (C=O) groups excluding carboxylic acids is 1. The number of aryl methyl sites for hydroxylation is 2. The van der Waals surface area contributed by atoms with E-state index in [2.05, 4.69) is 0 Å². The minimum atomic E-state index is -1.000. The van der Waals surface area contributed by atoms with Crippen LogP contribution in [0.3, 0.4) is 0 Å².